The predicted octanol–water partition coefficient (Wildman–Crippen LogP) is 2.19. The predicted molar refractivity (Wildman–Crippen MR) is 76.7 cm³/mol. The van der Waals surface area contributed by atoms with Crippen molar-refractivity contribution in [3.8, 4) is 0 Å². The maximum atomic E-state index is 12.6. The van der Waals surface area contributed by atoms with E-state index in [4.69, 9.17) is 0 Å². The van der Waals surface area contributed by atoms with E-state index in [0.717, 1.165) is 25.8 Å². The number of nitrogens with zero attached hydrogens (tertiary/aromatic N) is 1. The van der Waals surface area contributed by atoms with Crippen LogP contribution in [0, 0.1) is 11.8 Å². The number of hydrogen-bond donors (Lipinski definition) is 1. The van der Waals surface area contributed by atoms with E-state index in [0.29, 0.717) is 18.9 Å². The quantitative estimate of drug-likeness (QED) is 0.802. The number of nitrogens with one attached hydrogen (secondary N) is 1. The van der Waals surface area contributed by atoms with Gasteiger partial charge in [-0.1, -0.05) is 47.0 Å². The van der Waals surface area contributed by atoms with Crippen LogP contribution >= 0.6 is 0 Å². The van der Waals surface area contributed by atoms with Crippen LogP contribution in [-0.2, 0) is 9.59 Å². The molecule has 1 heterocycles. The van der Waals surface area contributed by atoms with Crippen molar-refractivity contribution in [1.29, 1.82) is 0 Å². The molecule has 1 saturated heterocycles. The smallest absolute Gasteiger partial charge is 0.245 e. The topological polar surface area (TPSA) is 49.4 Å². The summed E-state index contributed by atoms with van der Waals surface area (Å²) in [7, 11) is 0. The maximum Gasteiger partial charge on any atom is 0.245 e. The minimum atomic E-state index is -0.339. The first-order chi connectivity index (χ1) is 9.03. The van der Waals surface area contributed by atoms with Gasteiger partial charge in [0.05, 0.1) is 0 Å². The lowest BCUT2D eigenvalue weighted by Gasteiger charge is -2.29. The van der Waals surface area contributed by atoms with Crippen LogP contribution < -0.4 is 5.32 Å². The van der Waals surface area contributed by atoms with Gasteiger partial charge < -0.3 is 10.2 Å². The summed E-state index contributed by atoms with van der Waals surface area (Å²) in [5.74, 6) is 0.839. The highest BCUT2D eigenvalue weighted by atomic mass is 16.2. The Morgan fingerprint density at radius 3 is 2.37 bits per heavy atom. The standard InChI is InChI=1S/C15H28N2O2/c1-5-11(4)14-15(19)17(9-8-13(18)16-14)10-12(6-2)7-3/h11-12,14H,5-10H2,1-4H3,(H,16,18). The van der Waals surface area contributed by atoms with Gasteiger partial charge in [0, 0.05) is 19.5 Å². The minimum absolute atomic E-state index is 0.00527. The van der Waals surface area contributed by atoms with Gasteiger partial charge in [0.15, 0.2) is 0 Å². The molecule has 0 bridgehead atoms. The molecule has 4 nitrogen and oxygen atoms in total. The molecule has 1 fully saturated rings. The molecule has 2 atom stereocenters. The molecule has 1 aliphatic heterocycles. The highest BCUT2D eigenvalue weighted by Crippen LogP contribution is 2.17. The monoisotopic (exact) mass is 268 g/mol. The van der Waals surface area contributed by atoms with Crippen molar-refractivity contribution in [3.63, 3.8) is 0 Å². The fraction of sp³-hybridized carbons (Fsp3) is 0.867. The van der Waals surface area contributed by atoms with Crippen LogP contribution in [0.25, 0.3) is 0 Å². The number of rotatable bonds is 6. The Hall–Kier alpha value is -1.06. The second-order valence-electron chi connectivity index (χ2n) is 5.65. The third kappa shape index (κ3) is 4.22. The Morgan fingerprint density at radius 2 is 1.84 bits per heavy atom. The van der Waals surface area contributed by atoms with Gasteiger partial charge in [-0.3, -0.25) is 9.59 Å². The highest BCUT2D eigenvalue weighted by molar-refractivity contribution is 5.90. The first-order valence-electron chi connectivity index (χ1n) is 7.61. The summed E-state index contributed by atoms with van der Waals surface area (Å²) >= 11 is 0. The first kappa shape index (κ1) is 16.0. The van der Waals surface area contributed by atoms with E-state index in [2.05, 4.69) is 26.1 Å². The zero-order chi connectivity index (χ0) is 14.4. The lowest BCUT2D eigenvalue weighted by Crippen LogP contribution is -2.49. The van der Waals surface area contributed by atoms with Crippen LogP contribution in [0.5, 0.6) is 0 Å². The van der Waals surface area contributed by atoms with E-state index < -0.39 is 0 Å². The molecular weight excluding hydrogens is 240 g/mol. The van der Waals surface area contributed by atoms with Gasteiger partial charge in [-0.25, -0.2) is 0 Å². The Balaban J connectivity index is 2.80. The summed E-state index contributed by atoms with van der Waals surface area (Å²) < 4.78 is 0. The zero-order valence-electron chi connectivity index (χ0n) is 12.7. The van der Waals surface area contributed by atoms with Crippen molar-refractivity contribution in [2.75, 3.05) is 13.1 Å². The first-order valence-corrected chi connectivity index (χ1v) is 7.61. The van der Waals surface area contributed by atoms with Gasteiger partial charge in [0.25, 0.3) is 0 Å². The molecule has 2 amide bonds. The molecule has 1 rings (SSSR count). The molecule has 2 unspecified atom stereocenters. The number of carbonyl (C=O) groups is 2. The van der Waals surface area contributed by atoms with E-state index >= 15 is 0 Å². The second-order valence-corrected chi connectivity index (χ2v) is 5.65. The van der Waals surface area contributed by atoms with E-state index in [1.54, 1.807) is 0 Å². The number of carbonyl (C=O) groups excluding carboxylic acids is 2. The summed E-state index contributed by atoms with van der Waals surface area (Å²) in [5, 5.41) is 2.89. The normalized spacial score (nSPS) is 22.4. The Kier molecular flexibility index (Phi) is 6.32. The fourth-order valence-corrected chi connectivity index (χ4v) is 2.51. The molecule has 1 aliphatic rings. The van der Waals surface area contributed by atoms with Gasteiger partial charge in [0.2, 0.25) is 11.8 Å². The fourth-order valence-electron chi connectivity index (χ4n) is 2.51. The van der Waals surface area contributed by atoms with Crippen LogP contribution in [0.2, 0.25) is 0 Å². The molecule has 0 saturated carbocycles. The molecule has 0 radical (unpaired) electrons. The van der Waals surface area contributed by atoms with Gasteiger partial charge in [-0.15, -0.1) is 0 Å². The van der Waals surface area contributed by atoms with Crippen LogP contribution in [0.3, 0.4) is 0 Å². The second kappa shape index (κ2) is 7.51. The van der Waals surface area contributed by atoms with Gasteiger partial charge in [-0.05, 0) is 11.8 Å². The molecule has 0 spiro atoms. The maximum absolute atomic E-state index is 12.6. The summed E-state index contributed by atoms with van der Waals surface area (Å²) in [5.41, 5.74) is 0. The zero-order valence-corrected chi connectivity index (χ0v) is 12.7. The Morgan fingerprint density at radius 1 is 1.21 bits per heavy atom. The molecule has 4 heteroatoms. The molecule has 0 aromatic rings. The van der Waals surface area contributed by atoms with Gasteiger partial charge >= 0.3 is 0 Å². The highest BCUT2D eigenvalue weighted by Gasteiger charge is 2.33. The van der Waals surface area contributed by atoms with Crippen LogP contribution in [0.1, 0.15) is 53.4 Å². The van der Waals surface area contributed by atoms with Crippen molar-refractivity contribution >= 4 is 11.8 Å². The van der Waals surface area contributed by atoms with E-state index in [1.165, 1.54) is 0 Å². The third-order valence-corrected chi connectivity index (χ3v) is 4.35. The van der Waals surface area contributed by atoms with Crippen LogP contribution in [0.15, 0.2) is 0 Å². The van der Waals surface area contributed by atoms with Crippen molar-refractivity contribution in [2.24, 2.45) is 11.8 Å². The number of amides is 2. The lowest BCUT2D eigenvalue weighted by atomic mass is 9.97. The van der Waals surface area contributed by atoms with E-state index in [-0.39, 0.29) is 23.8 Å². The average molecular weight is 268 g/mol. The van der Waals surface area contributed by atoms with Gasteiger partial charge in [-0.2, -0.15) is 0 Å². The summed E-state index contributed by atoms with van der Waals surface area (Å²) in [6.45, 7) is 9.75. The van der Waals surface area contributed by atoms with E-state index in [1.807, 2.05) is 11.8 Å². The molecule has 1 N–H and O–H groups in total. The van der Waals surface area contributed by atoms with Crippen molar-refractivity contribution in [1.82, 2.24) is 10.2 Å². The molecule has 110 valence electrons. The summed E-state index contributed by atoms with van der Waals surface area (Å²) in [6, 6.07) is -0.339. The van der Waals surface area contributed by atoms with Crippen molar-refractivity contribution in [2.45, 2.75) is 59.4 Å². The summed E-state index contributed by atoms with van der Waals surface area (Å²) in [4.78, 5) is 26.2. The third-order valence-electron chi connectivity index (χ3n) is 4.35. The van der Waals surface area contributed by atoms with Crippen LogP contribution in [-0.4, -0.2) is 35.8 Å². The largest absolute Gasteiger partial charge is 0.344 e. The lowest BCUT2D eigenvalue weighted by molar-refractivity contribution is -0.135. The SMILES string of the molecule is CCC(CC)CN1CCC(=O)NC(C(C)CC)C1=O. The number of hydrogen-bond acceptors (Lipinski definition) is 2. The van der Waals surface area contributed by atoms with Gasteiger partial charge in [0.1, 0.15) is 6.04 Å². The Labute approximate surface area is 116 Å². The van der Waals surface area contributed by atoms with Crippen molar-refractivity contribution < 1.29 is 9.59 Å². The Bertz CT molecular complexity index is 313. The molecule has 0 aromatic heterocycles. The van der Waals surface area contributed by atoms with Crippen LogP contribution in [0.4, 0.5) is 0 Å². The average Bonchev–Trinajstić information content (AvgIpc) is 2.56. The molecule has 0 aromatic carbocycles. The molecule has 19 heavy (non-hydrogen) atoms. The summed E-state index contributed by atoms with van der Waals surface area (Å²) in [6.07, 6.45) is 3.49. The van der Waals surface area contributed by atoms with Crippen molar-refractivity contribution in [3.05, 3.63) is 0 Å². The molecular formula is C15H28N2O2. The van der Waals surface area contributed by atoms with E-state index in [9.17, 15) is 9.59 Å². The molecule has 0 aliphatic carbocycles. The minimum Gasteiger partial charge on any atom is -0.344 e.